The van der Waals surface area contributed by atoms with Crippen LogP contribution in [0.4, 0.5) is 5.13 Å². The van der Waals surface area contributed by atoms with Crippen molar-refractivity contribution in [3.05, 3.63) is 24.3 Å². The predicted molar refractivity (Wildman–Crippen MR) is 58.6 cm³/mol. The molecule has 2 rings (SSSR count). The largest absolute Gasteiger partial charge is 0.351 e. The van der Waals surface area contributed by atoms with E-state index in [1.54, 1.807) is 11.3 Å². The molecule has 0 amide bonds. The number of para-hydroxylation sites is 1. The Bertz CT molecular complexity index is 375. The van der Waals surface area contributed by atoms with E-state index in [9.17, 15) is 0 Å². The maximum absolute atomic E-state index is 4.53. The van der Waals surface area contributed by atoms with Gasteiger partial charge >= 0.3 is 0 Å². The quantitative estimate of drug-likeness (QED) is 0.727. The summed E-state index contributed by atoms with van der Waals surface area (Å²) in [5, 5.41) is 1.10. The van der Waals surface area contributed by atoms with E-state index in [4.69, 9.17) is 0 Å². The molecule has 0 bridgehead atoms. The Morgan fingerprint density at radius 3 is 2.85 bits per heavy atom. The molecule has 68 valence electrons. The SMILES string of the molecule is CCN(C)c1nc2ccccc2s1. The molecule has 1 heterocycles. The monoisotopic (exact) mass is 192 g/mol. The van der Waals surface area contributed by atoms with E-state index in [2.05, 4.69) is 42.1 Å². The van der Waals surface area contributed by atoms with E-state index in [1.165, 1.54) is 4.70 Å². The van der Waals surface area contributed by atoms with Crippen molar-refractivity contribution in [3.8, 4) is 0 Å². The molecule has 0 aliphatic rings. The molecule has 0 fully saturated rings. The minimum Gasteiger partial charge on any atom is -0.351 e. The van der Waals surface area contributed by atoms with Crippen LogP contribution >= 0.6 is 11.3 Å². The van der Waals surface area contributed by atoms with Crippen LogP contribution in [-0.4, -0.2) is 18.6 Å². The molecule has 0 radical (unpaired) electrons. The molecule has 1 aromatic heterocycles. The first-order valence-corrected chi connectivity index (χ1v) is 5.19. The molecule has 13 heavy (non-hydrogen) atoms. The fourth-order valence-corrected chi connectivity index (χ4v) is 2.15. The van der Waals surface area contributed by atoms with Crippen molar-refractivity contribution < 1.29 is 0 Å². The Morgan fingerprint density at radius 2 is 2.15 bits per heavy atom. The van der Waals surface area contributed by atoms with E-state index in [1.807, 2.05) is 6.07 Å². The van der Waals surface area contributed by atoms with Crippen LogP contribution in [0.15, 0.2) is 24.3 Å². The highest BCUT2D eigenvalue weighted by molar-refractivity contribution is 7.22. The van der Waals surface area contributed by atoms with Gasteiger partial charge in [-0.15, -0.1) is 0 Å². The maximum Gasteiger partial charge on any atom is 0.186 e. The molecule has 0 atom stereocenters. The van der Waals surface area contributed by atoms with Crippen molar-refractivity contribution in [1.82, 2.24) is 4.98 Å². The molecule has 1 aromatic carbocycles. The van der Waals surface area contributed by atoms with Crippen LogP contribution in [-0.2, 0) is 0 Å². The zero-order chi connectivity index (χ0) is 9.26. The summed E-state index contributed by atoms with van der Waals surface area (Å²) in [5.41, 5.74) is 1.10. The third-order valence-electron chi connectivity index (χ3n) is 2.08. The third kappa shape index (κ3) is 1.52. The van der Waals surface area contributed by atoms with Crippen LogP contribution in [0.2, 0.25) is 0 Å². The fourth-order valence-electron chi connectivity index (χ4n) is 1.16. The highest BCUT2D eigenvalue weighted by atomic mass is 32.1. The second-order valence-corrected chi connectivity index (χ2v) is 3.99. The molecule has 0 saturated carbocycles. The van der Waals surface area contributed by atoms with Gasteiger partial charge in [0.15, 0.2) is 5.13 Å². The Balaban J connectivity index is 2.49. The van der Waals surface area contributed by atoms with Crippen molar-refractivity contribution in [1.29, 1.82) is 0 Å². The van der Waals surface area contributed by atoms with Gasteiger partial charge in [0, 0.05) is 13.6 Å². The number of hydrogen-bond donors (Lipinski definition) is 0. The molecule has 0 aliphatic carbocycles. The second-order valence-electron chi connectivity index (χ2n) is 2.98. The van der Waals surface area contributed by atoms with Gasteiger partial charge in [0.1, 0.15) is 0 Å². The summed E-state index contributed by atoms with van der Waals surface area (Å²) in [6.07, 6.45) is 0. The lowest BCUT2D eigenvalue weighted by Crippen LogP contribution is -2.14. The first-order chi connectivity index (χ1) is 6.31. The second kappa shape index (κ2) is 3.34. The van der Waals surface area contributed by atoms with Gasteiger partial charge in [-0.2, -0.15) is 0 Å². The van der Waals surface area contributed by atoms with Gasteiger partial charge in [0.2, 0.25) is 0 Å². The number of aromatic nitrogens is 1. The van der Waals surface area contributed by atoms with Crippen LogP contribution in [0.1, 0.15) is 6.92 Å². The number of rotatable bonds is 2. The van der Waals surface area contributed by atoms with Crippen molar-refractivity contribution in [2.75, 3.05) is 18.5 Å². The summed E-state index contributed by atoms with van der Waals surface area (Å²) in [6.45, 7) is 3.13. The third-order valence-corrected chi connectivity index (χ3v) is 3.23. The number of nitrogens with zero attached hydrogens (tertiary/aromatic N) is 2. The summed E-state index contributed by atoms with van der Waals surface area (Å²) in [6, 6.07) is 8.24. The lowest BCUT2D eigenvalue weighted by atomic mass is 10.3. The number of fused-ring (bicyclic) bond motifs is 1. The van der Waals surface area contributed by atoms with E-state index in [0.717, 1.165) is 17.2 Å². The van der Waals surface area contributed by atoms with Crippen molar-refractivity contribution >= 4 is 26.7 Å². The molecule has 0 unspecified atom stereocenters. The van der Waals surface area contributed by atoms with Gasteiger partial charge in [-0.1, -0.05) is 23.5 Å². The summed E-state index contributed by atoms with van der Waals surface area (Å²) in [7, 11) is 2.07. The molecule has 2 nitrogen and oxygen atoms in total. The molecule has 2 aromatic rings. The van der Waals surface area contributed by atoms with Crippen LogP contribution in [0.25, 0.3) is 10.2 Å². The minimum absolute atomic E-state index is 1.000. The summed E-state index contributed by atoms with van der Waals surface area (Å²) < 4.78 is 1.26. The van der Waals surface area contributed by atoms with Crippen molar-refractivity contribution in [3.63, 3.8) is 0 Å². The normalized spacial score (nSPS) is 10.6. The summed E-state index contributed by atoms with van der Waals surface area (Å²) in [4.78, 5) is 6.69. The smallest absolute Gasteiger partial charge is 0.186 e. The molecular weight excluding hydrogens is 180 g/mol. The van der Waals surface area contributed by atoms with E-state index in [0.29, 0.717) is 0 Å². The fraction of sp³-hybridized carbons (Fsp3) is 0.300. The number of thiazole rings is 1. The number of benzene rings is 1. The average Bonchev–Trinajstić information content (AvgIpc) is 2.59. The zero-order valence-electron chi connectivity index (χ0n) is 7.82. The molecule has 0 aliphatic heterocycles. The van der Waals surface area contributed by atoms with Crippen LogP contribution in [0.5, 0.6) is 0 Å². The number of anilines is 1. The topological polar surface area (TPSA) is 16.1 Å². The van der Waals surface area contributed by atoms with Crippen LogP contribution < -0.4 is 4.90 Å². The summed E-state index contributed by atoms with van der Waals surface area (Å²) >= 11 is 1.74. The average molecular weight is 192 g/mol. The molecule has 3 heteroatoms. The van der Waals surface area contributed by atoms with Crippen molar-refractivity contribution in [2.24, 2.45) is 0 Å². The van der Waals surface area contributed by atoms with Gasteiger partial charge in [-0.05, 0) is 19.1 Å². The standard InChI is InChI=1S/C10H12N2S/c1-3-12(2)10-11-8-6-4-5-7-9(8)13-10/h4-7H,3H2,1-2H3. The highest BCUT2D eigenvalue weighted by Gasteiger charge is 2.04. The van der Waals surface area contributed by atoms with Gasteiger partial charge in [0.05, 0.1) is 10.2 Å². The van der Waals surface area contributed by atoms with Gasteiger partial charge in [-0.3, -0.25) is 0 Å². The zero-order valence-corrected chi connectivity index (χ0v) is 8.64. The first kappa shape index (κ1) is 8.51. The van der Waals surface area contributed by atoms with Gasteiger partial charge < -0.3 is 4.90 Å². The van der Waals surface area contributed by atoms with Gasteiger partial charge in [-0.25, -0.2) is 4.98 Å². The van der Waals surface area contributed by atoms with E-state index < -0.39 is 0 Å². The lowest BCUT2D eigenvalue weighted by molar-refractivity contribution is 0.961. The van der Waals surface area contributed by atoms with Crippen molar-refractivity contribution in [2.45, 2.75) is 6.92 Å². The van der Waals surface area contributed by atoms with Crippen LogP contribution in [0, 0.1) is 0 Å². The Labute approximate surface area is 81.8 Å². The maximum atomic E-state index is 4.53. The molecule has 0 N–H and O–H groups in total. The van der Waals surface area contributed by atoms with E-state index >= 15 is 0 Å². The van der Waals surface area contributed by atoms with Gasteiger partial charge in [0.25, 0.3) is 0 Å². The first-order valence-electron chi connectivity index (χ1n) is 4.38. The predicted octanol–water partition coefficient (Wildman–Crippen LogP) is 2.75. The number of hydrogen-bond acceptors (Lipinski definition) is 3. The summed E-state index contributed by atoms with van der Waals surface area (Å²) in [5.74, 6) is 0. The Morgan fingerprint density at radius 1 is 1.38 bits per heavy atom. The highest BCUT2D eigenvalue weighted by Crippen LogP contribution is 2.27. The molecule has 0 spiro atoms. The van der Waals surface area contributed by atoms with Crippen LogP contribution in [0.3, 0.4) is 0 Å². The molecule has 0 saturated heterocycles. The molecular formula is C10H12N2S. The van der Waals surface area contributed by atoms with E-state index in [-0.39, 0.29) is 0 Å². The Kier molecular flexibility index (Phi) is 2.19. The lowest BCUT2D eigenvalue weighted by Gasteiger charge is -2.10. The minimum atomic E-state index is 1.000. The Hall–Kier alpha value is -1.09.